The first kappa shape index (κ1) is 17.5. The maximum absolute atomic E-state index is 12.0. The van der Waals surface area contributed by atoms with Gasteiger partial charge in [0.1, 0.15) is 0 Å². The van der Waals surface area contributed by atoms with Crippen LogP contribution in [0.15, 0.2) is 46.5 Å². The van der Waals surface area contributed by atoms with E-state index in [1.165, 1.54) is 16.4 Å². The van der Waals surface area contributed by atoms with E-state index in [1.807, 2.05) is 18.2 Å². The summed E-state index contributed by atoms with van der Waals surface area (Å²) >= 11 is 1.43. The molecular formula is C17H21N5O2S. The minimum absolute atomic E-state index is 0.0179. The topological polar surface area (TPSA) is 80.1 Å². The van der Waals surface area contributed by atoms with Crippen molar-refractivity contribution in [3.8, 4) is 0 Å². The second-order valence-electron chi connectivity index (χ2n) is 6.04. The number of thioether (sulfide) groups is 1. The predicted molar refractivity (Wildman–Crippen MR) is 97.8 cm³/mol. The summed E-state index contributed by atoms with van der Waals surface area (Å²) in [6, 6.07) is 7.27. The first-order valence-electron chi connectivity index (χ1n) is 8.20. The Kier molecular flexibility index (Phi) is 5.70. The van der Waals surface area contributed by atoms with Gasteiger partial charge in [-0.05, 0) is 24.5 Å². The number of aryl methyl sites for hydroxylation is 1. The molecule has 8 heteroatoms. The number of anilines is 1. The van der Waals surface area contributed by atoms with E-state index in [1.54, 1.807) is 25.5 Å². The summed E-state index contributed by atoms with van der Waals surface area (Å²) in [7, 11) is 1.64. The fourth-order valence-electron chi connectivity index (χ4n) is 2.75. The van der Waals surface area contributed by atoms with Gasteiger partial charge in [-0.1, -0.05) is 17.8 Å². The molecule has 1 N–H and O–H groups in total. The van der Waals surface area contributed by atoms with Crippen LogP contribution in [-0.2, 0) is 11.8 Å². The highest BCUT2D eigenvalue weighted by molar-refractivity contribution is 7.99. The van der Waals surface area contributed by atoms with Gasteiger partial charge < -0.3 is 10.2 Å². The third kappa shape index (κ3) is 4.82. The van der Waals surface area contributed by atoms with Crippen LogP contribution in [0.2, 0.25) is 0 Å². The maximum atomic E-state index is 12.0. The molecule has 2 aromatic rings. The molecule has 3 heterocycles. The van der Waals surface area contributed by atoms with Crippen LogP contribution in [-0.4, -0.2) is 46.1 Å². The lowest BCUT2D eigenvalue weighted by atomic mass is 10.1. The zero-order chi connectivity index (χ0) is 17.6. The average Bonchev–Trinajstić information content (AvgIpc) is 3.10. The molecule has 1 unspecified atom stereocenters. The summed E-state index contributed by atoms with van der Waals surface area (Å²) in [6.45, 7) is 2.34. The normalized spacial score (nSPS) is 16.8. The van der Waals surface area contributed by atoms with E-state index in [2.05, 4.69) is 20.3 Å². The molecule has 1 fully saturated rings. The minimum atomic E-state index is -0.110. The van der Waals surface area contributed by atoms with Crippen molar-refractivity contribution in [3.63, 3.8) is 0 Å². The van der Waals surface area contributed by atoms with Gasteiger partial charge in [0.15, 0.2) is 0 Å². The molecule has 1 aliphatic rings. The summed E-state index contributed by atoms with van der Waals surface area (Å²) in [5.74, 6) is 0.767. The number of carbonyl (C=O) groups is 1. The van der Waals surface area contributed by atoms with Crippen molar-refractivity contribution < 1.29 is 4.79 Å². The smallest absolute Gasteiger partial charge is 0.268 e. The Labute approximate surface area is 150 Å². The second kappa shape index (κ2) is 8.15. The van der Waals surface area contributed by atoms with Gasteiger partial charge in [-0.2, -0.15) is 5.10 Å². The van der Waals surface area contributed by atoms with Crippen LogP contribution >= 0.6 is 11.8 Å². The molecule has 0 aromatic carbocycles. The first-order valence-corrected chi connectivity index (χ1v) is 9.19. The molecule has 1 atom stereocenters. The molecule has 0 aliphatic carbocycles. The largest absolute Gasteiger partial charge is 0.370 e. The molecule has 0 bridgehead atoms. The highest BCUT2D eigenvalue weighted by Gasteiger charge is 2.23. The van der Waals surface area contributed by atoms with Crippen LogP contribution in [0, 0.1) is 5.92 Å². The summed E-state index contributed by atoms with van der Waals surface area (Å²) in [5.41, 5.74) is 0.739. The van der Waals surface area contributed by atoms with Crippen molar-refractivity contribution in [1.29, 1.82) is 0 Å². The SMILES string of the molecule is Cn1ncc(N2CCC(CNC(=O)CSc3ccccn3)C2)cc1=O. The molecule has 132 valence electrons. The highest BCUT2D eigenvalue weighted by atomic mass is 32.2. The Morgan fingerprint density at radius 3 is 3.08 bits per heavy atom. The van der Waals surface area contributed by atoms with Gasteiger partial charge in [0.2, 0.25) is 5.91 Å². The number of pyridine rings is 1. The molecule has 0 radical (unpaired) electrons. The monoisotopic (exact) mass is 359 g/mol. The van der Waals surface area contributed by atoms with Crippen LogP contribution in [0.1, 0.15) is 6.42 Å². The predicted octanol–water partition coefficient (Wildman–Crippen LogP) is 0.910. The number of aromatic nitrogens is 3. The van der Waals surface area contributed by atoms with Crippen LogP contribution in [0.3, 0.4) is 0 Å². The zero-order valence-corrected chi connectivity index (χ0v) is 14.9. The molecule has 0 saturated carbocycles. The molecule has 1 aliphatic heterocycles. The van der Waals surface area contributed by atoms with Crippen molar-refractivity contribution in [2.75, 3.05) is 30.3 Å². The van der Waals surface area contributed by atoms with E-state index in [9.17, 15) is 9.59 Å². The summed E-state index contributed by atoms with van der Waals surface area (Å²) in [6.07, 6.45) is 4.42. The Morgan fingerprint density at radius 1 is 1.44 bits per heavy atom. The second-order valence-corrected chi connectivity index (χ2v) is 7.03. The lowest BCUT2D eigenvalue weighted by Gasteiger charge is -2.18. The molecule has 2 aromatic heterocycles. The third-order valence-electron chi connectivity index (χ3n) is 4.18. The van der Waals surface area contributed by atoms with Crippen LogP contribution in [0.5, 0.6) is 0 Å². The number of hydrogen-bond acceptors (Lipinski definition) is 6. The van der Waals surface area contributed by atoms with Crippen LogP contribution in [0.4, 0.5) is 5.69 Å². The molecule has 7 nitrogen and oxygen atoms in total. The highest BCUT2D eigenvalue weighted by Crippen LogP contribution is 2.21. The summed E-state index contributed by atoms with van der Waals surface area (Å²) in [4.78, 5) is 30.0. The summed E-state index contributed by atoms with van der Waals surface area (Å²) in [5, 5.41) is 7.90. The molecule has 25 heavy (non-hydrogen) atoms. The molecule has 1 amide bonds. The Bertz CT molecular complexity index is 780. The summed E-state index contributed by atoms with van der Waals surface area (Å²) < 4.78 is 1.32. The van der Waals surface area contributed by atoms with Gasteiger partial charge in [-0.3, -0.25) is 9.59 Å². The van der Waals surface area contributed by atoms with E-state index in [4.69, 9.17) is 0 Å². The van der Waals surface area contributed by atoms with E-state index in [-0.39, 0.29) is 11.5 Å². The fraction of sp³-hybridized carbons (Fsp3) is 0.412. The van der Waals surface area contributed by atoms with E-state index in [0.717, 1.165) is 30.2 Å². The first-order chi connectivity index (χ1) is 12.1. The molecular weight excluding hydrogens is 338 g/mol. The van der Waals surface area contributed by atoms with Crippen LogP contribution in [0.25, 0.3) is 0 Å². The Hall–Kier alpha value is -2.35. The van der Waals surface area contributed by atoms with Gasteiger partial charge in [-0.25, -0.2) is 9.67 Å². The van der Waals surface area contributed by atoms with Crippen molar-refractivity contribution in [2.24, 2.45) is 13.0 Å². The number of amides is 1. The molecule has 1 saturated heterocycles. The van der Waals surface area contributed by atoms with Gasteiger partial charge >= 0.3 is 0 Å². The lowest BCUT2D eigenvalue weighted by molar-refractivity contribution is -0.118. The van der Waals surface area contributed by atoms with Gasteiger partial charge in [0, 0.05) is 38.9 Å². The Morgan fingerprint density at radius 2 is 2.32 bits per heavy atom. The molecule has 3 rings (SSSR count). The van der Waals surface area contributed by atoms with Gasteiger partial charge in [-0.15, -0.1) is 0 Å². The number of hydrogen-bond donors (Lipinski definition) is 1. The van der Waals surface area contributed by atoms with Crippen molar-refractivity contribution >= 4 is 23.4 Å². The number of rotatable bonds is 6. The van der Waals surface area contributed by atoms with E-state index in [0.29, 0.717) is 18.2 Å². The maximum Gasteiger partial charge on any atom is 0.268 e. The fourth-order valence-corrected chi connectivity index (χ4v) is 3.44. The van der Waals surface area contributed by atoms with Gasteiger partial charge in [0.25, 0.3) is 5.56 Å². The number of nitrogens with zero attached hydrogens (tertiary/aromatic N) is 4. The van der Waals surface area contributed by atoms with Crippen molar-refractivity contribution in [1.82, 2.24) is 20.1 Å². The minimum Gasteiger partial charge on any atom is -0.370 e. The quantitative estimate of drug-likeness (QED) is 0.773. The van der Waals surface area contributed by atoms with Crippen LogP contribution < -0.4 is 15.8 Å². The van der Waals surface area contributed by atoms with E-state index >= 15 is 0 Å². The van der Waals surface area contributed by atoms with E-state index < -0.39 is 0 Å². The number of nitrogens with one attached hydrogen (secondary N) is 1. The average molecular weight is 359 g/mol. The van der Waals surface area contributed by atoms with Crippen molar-refractivity contribution in [3.05, 3.63) is 47.0 Å². The Balaban J connectivity index is 1.43. The lowest BCUT2D eigenvalue weighted by Crippen LogP contribution is -2.32. The standard InChI is InChI=1S/C17H21N5O2S/c1-21-17(24)8-14(10-20-21)22-7-5-13(11-22)9-19-15(23)12-25-16-4-2-3-6-18-16/h2-4,6,8,10,13H,5,7,9,11-12H2,1H3,(H,19,23). The molecule has 0 spiro atoms. The van der Waals surface area contributed by atoms with Crippen molar-refractivity contribution in [2.45, 2.75) is 11.4 Å². The van der Waals surface area contributed by atoms with Gasteiger partial charge in [0.05, 0.1) is 22.7 Å². The third-order valence-corrected chi connectivity index (χ3v) is 5.13. The number of carbonyl (C=O) groups excluding carboxylic acids is 1. The zero-order valence-electron chi connectivity index (χ0n) is 14.1.